The van der Waals surface area contributed by atoms with Gasteiger partial charge in [0, 0.05) is 94.3 Å². The van der Waals surface area contributed by atoms with E-state index in [4.69, 9.17) is 10.5 Å². The maximum atomic E-state index is 14.8. The van der Waals surface area contributed by atoms with Gasteiger partial charge >= 0.3 is 12.1 Å². The summed E-state index contributed by atoms with van der Waals surface area (Å²) in [7, 11) is 0. The molecule has 1 aliphatic heterocycles. The molecule has 430 valence electrons. The molecule has 0 radical (unpaired) electrons. The Bertz CT molecular complexity index is 3060. The number of thiazole rings is 1. The van der Waals surface area contributed by atoms with E-state index in [1.807, 2.05) is 55.5 Å². The number of benzene rings is 3. The number of anilines is 1. The number of ketones is 2. The highest BCUT2D eigenvalue weighted by molar-refractivity contribution is 8.15. The van der Waals surface area contributed by atoms with E-state index in [9.17, 15) is 43.5 Å². The molecule has 0 spiro atoms. The van der Waals surface area contributed by atoms with Gasteiger partial charge in [-0.15, -0.1) is 23.1 Å². The SMILES string of the molecule is CCC(N)=NCCC[C@H](NC(=O)OCC1c2ccccc2-c2ccccc21)C(=O)C[C@@H](Cc1cnc[nH]1)C(=O)N[C@@H](CCCCNC(C)=O)C(=O)C[C@@H](CCCCNC(C)=O)C(=O)Nc1ccc2nc(C3=N[C@@H](C(=O)O)CS3)sc2c1. The number of carbonyl (C=O) groups excluding carboxylic acids is 7. The number of imidazole rings is 1. The molecule has 0 bridgehead atoms. The van der Waals surface area contributed by atoms with Crippen LogP contribution in [-0.2, 0) is 44.7 Å². The first kappa shape index (κ1) is 60.8. The average molecular weight is 1150 g/mol. The summed E-state index contributed by atoms with van der Waals surface area (Å²) < 4.78 is 6.59. The Morgan fingerprint density at radius 2 is 1.44 bits per heavy atom. The molecule has 2 aromatic heterocycles. The monoisotopic (exact) mass is 1150 g/mol. The van der Waals surface area contributed by atoms with Crippen LogP contribution in [0, 0.1) is 11.8 Å². The van der Waals surface area contributed by atoms with Crippen molar-refractivity contribution in [2.45, 2.75) is 122 Å². The molecule has 0 fully saturated rings. The first-order chi connectivity index (χ1) is 39.1. The van der Waals surface area contributed by atoms with Crippen molar-refractivity contribution in [2.24, 2.45) is 27.6 Å². The van der Waals surface area contributed by atoms with Crippen LogP contribution in [0.3, 0.4) is 0 Å². The molecule has 0 unspecified atom stereocenters. The second-order valence-corrected chi connectivity index (χ2v) is 22.3. The zero-order chi connectivity index (χ0) is 57.8. The topological polar surface area (TPSA) is 318 Å². The number of rotatable bonds is 32. The van der Waals surface area contributed by atoms with Crippen LogP contribution in [0.15, 0.2) is 89.2 Å². The Kier molecular flexibility index (Phi) is 22.6. The van der Waals surface area contributed by atoms with E-state index in [1.54, 1.807) is 24.4 Å². The highest BCUT2D eigenvalue weighted by Crippen LogP contribution is 2.44. The molecule has 23 heteroatoms. The van der Waals surface area contributed by atoms with Crippen molar-refractivity contribution >= 4 is 97.1 Å². The Labute approximate surface area is 478 Å². The molecule has 9 N–H and O–H groups in total. The van der Waals surface area contributed by atoms with Gasteiger partial charge in [-0.2, -0.15) is 0 Å². The first-order valence-corrected chi connectivity index (χ1v) is 29.2. The van der Waals surface area contributed by atoms with Crippen molar-refractivity contribution in [2.75, 3.05) is 37.3 Å². The minimum Gasteiger partial charge on any atom is -0.480 e. The van der Waals surface area contributed by atoms with E-state index >= 15 is 0 Å². The fourth-order valence-corrected chi connectivity index (χ4v) is 11.9. The second-order valence-electron chi connectivity index (χ2n) is 20.2. The molecule has 1 aliphatic carbocycles. The number of fused-ring (bicyclic) bond motifs is 4. The van der Waals surface area contributed by atoms with E-state index in [-0.39, 0.29) is 62.9 Å². The van der Waals surface area contributed by atoms with Crippen molar-refractivity contribution in [1.82, 2.24) is 36.2 Å². The number of alkyl carbamates (subject to hydrolysis) is 1. The van der Waals surface area contributed by atoms with Gasteiger partial charge in [-0.25, -0.2) is 19.6 Å². The maximum Gasteiger partial charge on any atom is 0.407 e. The van der Waals surface area contributed by atoms with Gasteiger partial charge in [-0.3, -0.25) is 38.8 Å². The van der Waals surface area contributed by atoms with Crippen LogP contribution in [0.1, 0.15) is 119 Å². The predicted octanol–water partition coefficient (Wildman–Crippen LogP) is 6.85. The van der Waals surface area contributed by atoms with Gasteiger partial charge in [0.15, 0.2) is 17.6 Å². The lowest BCUT2D eigenvalue weighted by Gasteiger charge is -2.25. The smallest absolute Gasteiger partial charge is 0.407 e. The zero-order valence-corrected chi connectivity index (χ0v) is 47.4. The number of Topliss-reactive ketones (excluding diaryl/α,β-unsaturated/α-hetero) is 2. The van der Waals surface area contributed by atoms with Gasteiger partial charge in [-0.05, 0) is 85.4 Å². The number of carboxylic acid groups (broad SMARTS) is 1. The van der Waals surface area contributed by atoms with Crippen LogP contribution in [-0.4, -0.2) is 128 Å². The summed E-state index contributed by atoms with van der Waals surface area (Å²) in [5.41, 5.74) is 11.8. The fourth-order valence-electron chi connectivity index (χ4n) is 9.82. The van der Waals surface area contributed by atoms with E-state index in [1.165, 1.54) is 43.3 Å². The Morgan fingerprint density at radius 1 is 0.802 bits per heavy atom. The minimum atomic E-state index is -1.11. The average Bonchev–Trinajstić information content (AvgIpc) is 4.12. The van der Waals surface area contributed by atoms with Crippen LogP contribution in [0.4, 0.5) is 10.5 Å². The maximum absolute atomic E-state index is 14.8. The number of nitrogens with zero attached hydrogens (tertiary/aromatic N) is 4. The predicted molar refractivity (Wildman–Crippen MR) is 312 cm³/mol. The molecular weight excluding hydrogens is 1070 g/mol. The Hall–Kier alpha value is -7.79. The molecule has 3 aromatic carbocycles. The molecule has 0 saturated carbocycles. The van der Waals surface area contributed by atoms with Crippen molar-refractivity contribution in [1.29, 1.82) is 0 Å². The molecule has 5 amide bonds. The van der Waals surface area contributed by atoms with E-state index in [0.29, 0.717) is 96.7 Å². The van der Waals surface area contributed by atoms with Crippen molar-refractivity contribution in [3.63, 3.8) is 0 Å². The molecule has 5 aromatic rings. The third kappa shape index (κ3) is 17.9. The van der Waals surface area contributed by atoms with Gasteiger partial charge in [0.2, 0.25) is 23.6 Å². The molecule has 81 heavy (non-hydrogen) atoms. The molecule has 0 saturated heterocycles. The number of hydrogen-bond donors (Lipinski definition) is 8. The summed E-state index contributed by atoms with van der Waals surface area (Å²) in [5.74, 6) is -4.74. The number of carbonyl (C=O) groups is 8. The number of unbranched alkanes of at least 4 members (excludes halogenated alkanes) is 2. The molecule has 2 aliphatic rings. The fraction of sp³-hybridized carbons (Fsp3) is 0.448. The lowest BCUT2D eigenvalue weighted by atomic mass is 9.89. The van der Waals surface area contributed by atoms with Gasteiger partial charge in [-0.1, -0.05) is 61.9 Å². The Morgan fingerprint density at radius 3 is 2.07 bits per heavy atom. The van der Waals surface area contributed by atoms with Crippen LogP contribution in [0.25, 0.3) is 21.3 Å². The molecule has 21 nitrogen and oxygen atoms in total. The third-order valence-electron chi connectivity index (χ3n) is 14.1. The lowest BCUT2D eigenvalue weighted by molar-refractivity contribution is -0.137. The summed E-state index contributed by atoms with van der Waals surface area (Å²) in [4.78, 5) is 128. The number of nitrogens with one attached hydrogen (secondary N) is 6. The Balaban J connectivity index is 1.08. The van der Waals surface area contributed by atoms with Crippen LogP contribution < -0.4 is 32.3 Å². The van der Waals surface area contributed by atoms with Crippen LogP contribution >= 0.6 is 23.1 Å². The molecule has 7 rings (SSSR count). The summed E-state index contributed by atoms with van der Waals surface area (Å²) in [6, 6.07) is 18.0. The van der Waals surface area contributed by atoms with Gasteiger partial charge in [0.1, 0.15) is 16.7 Å². The van der Waals surface area contributed by atoms with Gasteiger partial charge < -0.3 is 47.1 Å². The van der Waals surface area contributed by atoms with Gasteiger partial charge in [0.25, 0.3) is 0 Å². The normalized spacial score (nSPS) is 15.3. The number of hydrogen-bond acceptors (Lipinski definition) is 15. The number of carboxylic acids is 1. The largest absolute Gasteiger partial charge is 0.480 e. The van der Waals surface area contributed by atoms with Gasteiger partial charge in [0.05, 0.1) is 40.4 Å². The number of aromatic nitrogens is 3. The molecule has 3 heterocycles. The van der Waals surface area contributed by atoms with Crippen molar-refractivity contribution in [3.8, 4) is 11.1 Å². The van der Waals surface area contributed by atoms with Crippen LogP contribution in [0.5, 0.6) is 0 Å². The minimum absolute atomic E-state index is 0.0153. The summed E-state index contributed by atoms with van der Waals surface area (Å²) in [6.45, 7) is 5.70. The molecule has 5 atom stereocenters. The number of aliphatic carboxylic acids is 1. The number of nitrogens with two attached hydrogens (primary N) is 1. The number of aromatic amines is 1. The highest BCUT2D eigenvalue weighted by Gasteiger charge is 2.34. The van der Waals surface area contributed by atoms with Crippen molar-refractivity contribution in [3.05, 3.63) is 101 Å². The number of amides is 5. The number of amidine groups is 1. The zero-order valence-electron chi connectivity index (χ0n) is 45.8. The first-order valence-electron chi connectivity index (χ1n) is 27.4. The highest BCUT2D eigenvalue weighted by atomic mass is 32.2. The quantitative estimate of drug-likeness (QED) is 0.0124. The number of ether oxygens (including phenoxy) is 1. The second kappa shape index (κ2) is 30.1. The number of H-pyrrole nitrogens is 1. The van der Waals surface area contributed by atoms with Crippen molar-refractivity contribution < 1.29 is 48.2 Å². The summed E-state index contributed by atoms with van der Waals surface area (Å²) >= 11 is 2.63. The summed E-state index contributed by atoms with van der Waals surface area (Å²) in [6.07, 6.45) is 5.00. The lowest BCUT2D eigenvalue weighted by Crippen LogP contribution is -2.47. The van der Waals surface area contributed by atoms with E-state index in [2.05, 4.69) is 51.5 Å². The van der Waals surface area contributed by atoms with Crippen LogP contribution in [0.2, 0.25) is 0 Å². The van der Waals surface area contributed by atoms with E-state index in [0.717, 1.165) is 27.0 Å². The standard InChI is InChI=1S/C58H71N11O10S2/c1-4-52(59)63-25-13-20-46(69-58(78)79-31-44-42-17-7-5-15-40(42)41-16-6-8-18-43(41)44)50(73)28-37(26-39-30-60-33-64-39)54(75)66-45(19-10-12-24-62-35(3)71)49(72)27-36(14-9-11-23-61-34(2)70)53(74)65-38-21-22-47-51(29-38)81-56(67-47)55-68-48(32-80-55)57(76)77/h5-8,15-18,21-22,29-30,33,36-37,44-46,48H,4,9-14,19-20,23-28,31-32H2,1-3H3,(H2,59,63)(H,60,64)(H,61,70)(H,62,71)(H,65,74)(H,66,75)(H,69,78)(H,76,77)/t36-,37-,45+,46+,48-/m1/s1. The van der Waals surface area contributed by atoms with E-state index < -0.39 is 65.4 Å². The molecular formula is C58H71N11O10S2. The third-order valence-corrected chi connectivity index (χ3v) is 16.3. The summed E-state index contributed by atoms with van der Waals surface area (Å²) in [5, 5.41) is 24.8. The number of thioether (sulfide) groups is 1. The number of aliphatic imine (C=N–C) groups is 2.